The van der Waals surface area contributed by atoms with E-state index in [2.05, 4.69) is 63.6 Å². The quantitative estimate of drug-likeness (QED) is 0.0754. The van der Waals surface area contributed by atoms with Crippen LogP contribution in [-0.2, 0) is 30.4 Å². The molecular weight excluding hydrogens is 827 g/mol. The Kier molecular flexibility index (Phi) is 11.9. The van der Waals surface area contributed by atoms with Gasteiger partial charge < -0.3 is 49.8 Å². The van der Waals surface area contributed by atoms with Gasteiger partial charge in [0.25, 0.3) is 11.9 Å². The molecule has 2 saturated heterocycles. The molecule has 0 bridgehead atoms. The molecule has 9 rings (SSSR count). The number of imidazole rings is 2. The minimum atomic E-state index is -0.944. The molecule has 6 atom stereocenters. The monoisotopic (exact) mass is 881 g/mol. The number of benzene rings is 4. The Hall–Kier alpha value is -6.94. The van der Waals surface area contributed by atoms with Gasteiger partial charge in [-0.05, 0) is 84.0 Å². The highest BCUT2D eigenvalue weighted by Crippen LogP contribution is 2.44. The van der Waals surface area contributed by atoms with E-state index in [0.29, 0.717) is 37.6 Å². The Bertz CT molecular complexity index is 2780. The van der Waals surface area contributed by atoms with Crippen molar-refractivity contribution in [2.24, 2.45) is 22.6 Å². The third-order valence-corrected chi connectivity index (χ3v) is 13.1. The maximum atomic E-state index is 14.3. The summed E-state index contributed by atoms with van der Waals surface area (Å²) < 4.78 is 22.0. The predicted octanol–water partition coefficient (Wildman–Crippen LogP) is 7.34. The van der Waals surface area contributed by atoms with E-state index in [4.69, 9.17) is 34.6 Å². The van der Waals surface area contributed by atoms with E-state index in [9.17, 15) is 14.4 Å². The lowest BCUT2D eigenvalue weighted by Gasteiger charge is -2.31. The fraction of sp³-hybridized carbons (Fsp3) is 0.388. The van der Waals surface area contributed by atoms with Gasteiger partial charge in [-0.15, -0.1) is 0 Å². The normalized spacial score (nSPS) is 20.4. The number of nitrogens with zero attached hydrogens (tertiary/aromatic N) is 5. The second-order valence-electron chi connectivity index (χ2n) is 17.6. The Balaban J connectivity index is 0.978. The SMILES string of the molecule is COCC1CC(c2ncc(-c3ccc4c(c3)COc3cc5c(ccc6[nH]c(C7CCC(C)N7C(=O)C(N=C(N)OC)C(C)C)nc65)cc3-4)[nH]2)N(C(=O)C(NC(=O)OC)c2ccccc2)C1. The highest BCUT2D eigenvalue weighted by Gasteiger charge is 2.43. The number of H-pyrrole nitrogens is 2. The maximum Gasteiger partial charge on any atom is 0.407 e. The van der Waals surface area contributed by atoms with Gasteiger partial charge >= 0.3 is 6.09 Å². The molecule has 3 aliphatic heterocycles. The average Bonchev–Trinajstić information content (AvgIpc) is 4.15. The zero-order valence-electron chi connectivity index (χ0n) is 37.5. The first-order valence-electron chi connectivity index (χ1n) is 22.1. The van der Waals surface area contributed by atoms with Crippen LogP contribution >= 0.6 is 0 Å². The number of nitrogens with one attached hydrogen (secondary N) is 3. The minimum absolute atomic E-state index is 0.00706. The number of likely N-dealkylation sites (tertiary alicyclic amines) is 2. The van der Waals surface area contributed by atoms with Crippen molar-refractivity contribution in [1.82, 2.24) is 35.1 Å². The molecule has 16 heteroatoms. The Morgan fingerprint density at radius 3 is 2.51 bits per heavy atom. The Morgan fingerprint density at radius 1 is 0.938 bits per heavy atom. The molecule has 338 valence electrons. The lowest BCUT2D eigenvalue weighted by molar-refractivity contribution is -0.136. The number of alkyl carbamates (subject to hydrolysis) is 1. The summed E-state index contributed by atoms with van der Waals surface area (Å²) in [6, 6.07) is 21.6. The summed E-state index contributed by atoms with van der Waals surface area (Å²) in [6.45, 7) is 7.27. The van der Waals surface area contributed by atoms with Gasteiger partial charge in [-0.3, -0.25) is 9.59 Å². The molecule has 6 aromatic rings. The molecule has 3 amide bonds. The molecule has 16 nitrogen and oxygen atoms in total. The van der Waals surface area contributed by atoms with Gasteiger partial charge in [-0.1, -0.05) is 62.4 Å². The molecule has 2 aromatic heterocycles. The van der Waals surface area contributed by atoms with E-state index in [1.807, 2.05) is 55.1 Å². The minimum Gasteiger partial charge on any atom is -0.488 e. The van der Waals surface area contributed by atoms with Gasteiger partial charge in [-0.2, -0.15) is 0 Å². The zero-order valence-corrected chi connectivity index (χ0v) is 37.5. The van der Waals surface area contributed by atoms with E-state index in [-0.39, 0.29) is 47.8 Å². The molecule has 4 aromatic carbocycles. The number of carbonyl (C=O) groups is 3. The molecule has 5 N–H and O–H groups in total. The number of hydrogen-bond acceptors (Lipinski definition) is 10. The summed E-state index contributed by atoms with van der Waals surface area (Å²) in [5.41, 5.74) is 13.1. The van der Waals surface area contributed by atoms with Gasteiger partial charge in [0.05, 0.1) is 55.8 Å². The number of ether oxygens (including phenoxy) is 4. The van der Waals surface area contributed by atoms with Gasteiger partial charge in [0.15, 0.2) is 0 Å². The zero-order chi connectivity index (χ0) is 45.5. The van der Waals surface area contributed by atoms with Gasteiger partial charge in [0.1, 0.15) is 36.1 Å². The molecule has 0 saturated carbocycles. The third kappa shape index (κ3) is 8.22. The average molecular weight is 882 g/mol. The number of amides is 3. The van der Waals surface area contributed by atoms with Gasteiger partial charge in [0, 0.05) is 36.6 Å². The summed E-state index contributed by atoms with van der Waals surface area (Å²) in [6.07, 6.45) is 3.36. The first kappa shape index (κ1) is 43.3. The second kappa shape index (κ2) is 17.9. The van der Waals surface area contributed by atoms with Crippen LogP contribution in [0.1, 0.15) is 80.9 Å². The van der Waals surface area contributed by atoms with E-state index in [0.717, 1.165) is 74.2 Å². The van der Waals surface area contributed by atoms with Crippen molar-refractivity contribution in [3.05, 3.63) is 102 Å². The summed E-state index contributed by atoms with van der Waals surface area (Å²) >= 11 is 0. The van der Waals surface area contributed by atoms with Crippen LogP contribution in [0.2, 0.25) is 0 Å². The molecule has 0 radical (unpaired) electrons. The molecule has 0 spiro atoms. The highest BCUT2D eigenvalue weighted by atomic mass is 16.5. The number of aromatic amines is 2. The molecule has 65 heavy (non-hydrogen) atoms. The van der Waals surface area contributed by atoms with Crippen LogP contribution in [0.25, 0.3) is 44.2 Å². The predicted molar refractivity (Wildman–Crippen MR) is 246 cm³/mol. The third-order valence-electron chi connectivity index (χ3n) is 13.1. The number of aliphatic imine (C=N–C) groups is 1. The lowest BCUT2D eigenvalue weighted by atomic mass is 9.92. The number of amidine groups is 1. The number of carbonyl (C=O) groups excluding carboxylic acids is 3. The van der Waals surface area contributed by atoms with Gasteiger partial charge in [0.2, 0.25) is 5.91 Å². The van der Waals surface area contributed by atoms with Crippen molar-refractivity contribution < 1.29 is 33.3 Å². The molecule has 6 unspecified atom stereocenters. The standard InChI is InChI=1S/C49H55N9O7/c1-26(2)41(55-48(50)63-5)47(60)58-27(3)12-17-38(58)45-52-36-16-14-30-20-35-33-15-13-31(19-32(33)25-65-40(35)21-34(30)43(36)54-45)37-22-51-44(53-37)39-18-28(24-62-4)23-57(39)46(59)42(56-49(61)64-6)29-10-8-7-9-11-29/h7-11,13-16,19-22,26-28,38-39,41-42H,12,17-18,23-25H2,1-6H3,(H2,50,55)(H,51,53)(H,52,54)(H,56,61). The topological polar surface area (TPSA) is 202 Å². The largest absolute Gasteiger partial charge is 0.488 e. The fourth-order valence-electron chi connectivity index (χ4n) is 9.80. The van der Waals surface area contributed by atoms with Crippen LogP contribution < -0.4 is 15.8 Å². The van der Waals surface area contributed by atoms with Crippen molar-refractivity contribution >= 4 is 45.7 Å². The van der Waals surface area contributed by atoms with Gasteiger partial charge in [-0.25, -0.2) is 19.8 Å². The van der Waals surface area contributed by atoms with Crippen molar-refractivity contribution in [2.75, 3.05) is 34.5 Å². The van der Waals surface area contributed by atoms with Crippen LogP contribution in [-0.4, -0.2) is 100 Å². The number of rotatable bonds is 11. The lowest BCUT2D eigenvalue weighted by Crippen LogP contribution is -2.44. The summed E-state index contributed by atoms with van der Waals surface area (Å²) in [7, 11) is 4.38. The van der Waals surface area contributed by atoms with Crippen molar-refractivity contribution in [3.8, 4) is 28.1 Å². The fourth-order valence-corrected chi connectivity index (χ4v) is 9.80. The van der Waals surface area contributed by atoms with E-state index < -0.39 is 18.2 Å². The maximum absolute atomic E-state index is 14.3. The Morgan fingerprint density at radius 2 is 1.75 bits per heavy atom. The summed E-state index contributed by atoms with van der Waals surface area (Å²) in [5, 5.41) is 4.71. The second-order valence-corrected chi connectivity index (χ2v) is 17.6. The van der Waals surface area contributed by atoms with E-state index in [1.165, 1.54) is 14.2 Å². The Labute approximate surface area is 376 Å². The number of aromatic nitrogens is 4. The summed E-state index contributed by atoms with van der Waals surface area (Å²) in [5.74, 6) is 1.80. The van der Waals surface area contributed by atoms with Crippen LogP contribution in [0.3, 0.4) is 0 Å². The van der Waals surface area contributed by atoms with Crippen LogP contribution in [0, 0.1) is 11.8 Å². The van der Waals surface area contributed by atoms with E-state index in [1.54, 1.807) is 18.2 Å². The van der Waals surface area contributed by atoms with Crippen molar-refractivity contribution in [2.45, 2.75) is 76.8 Å². The van der Waals surface area contributed by atoms with Crippen LogP contribution in [0.5, 0.6) is 5.75 Å². The van der Waals surface area contributed by atoms with Crippen LogP contribution in [0.15, 0.2) is 84.0 Å². The van der Waals surface area contributed by atoms with E-state index >= 15 is 0 Å². The molecular formula is C49H55N9O7. The first-order chi connectivity index (χ1) is 31.5. The molecule has 0 aliphatic carbocycles. The first-order valence-corrected chi connectivity index (χ1v) is 22.1. The smallest absolute Gasteiger partial charge is 0.407 e. The number of hydrogen-bond donors (Lipinski definition) is 4. The van der Waals surface area contributed by atoms with Crippen molar-refractivity contribution in [3.63, 3.8) is 0 Å². The molecule has 3 aliphatic rings. The number of fused-ring (bicyclic) bond motifs is 6. The summed E-state index contributed by atoms with van der Waals surface area (Å²) in [4.78, 5) is 66.0. The molecule has 2 fully saturated rings. The highest BCUT2D eigenvalue weighted by molar-refractivity contribution is 6.07. The number of methoxy groups -OCH3 is 3. The number of nitrogens with two attached hydrogens (primary N) is 1. The van der Waals surface area contributed by atoms with Crippen molar-refractivity contribution in [1.29, 1.82) is 0 Å². The molecule has 5 heterocycles. The van der Waals surface area contributed by atoms with Crippen LogP contribution in [0.4, 0.5) is 4.79 Å².